The van der Waals surface area contributed by atoms with Crippen molar-refractivity contribution in [2.24, 2.45) is 11.7 Å². The second-order valence-electron chi connectivity index (χ2n) is 6.86. The van der Waals surface area contributed by atoms with Crippen molar-refractivity contribution >= 4 is 24.1 Å². The molecule has 1 aromatic carbocycles. The normalized spacial score (nSPS) is 17.4. The smallest absolute Gasteiger partial charge is 0.220 e. The van der Waals surface area contributed by atoms with Gasteiger partial charge in [-0.05, 0) is 61.6 Å². The van der Waals surface area contributed by atoms with Gasteiger partial charge in [-0.2, -0.15) is 0 Å². The minimum absolute atomic E-state index is 0. The Kier molecular flexibility index (Phi) is 6.81. The number of nitrogens with two attached hydrogens (primary N) is 1. The van der Waals surface area contributed by atoms with Gasteiger partial charge in [0.1, 0.15) is 0 Å². The van der Waals surface area contributed by atoms with Gasteiger partial charge >= 0.3 is 0 Å². The van der Waals surface area contributed by atoms with E-state index in [1.807, 2.05) is 12.1 Å². The Morgan fingerprint density at radius 2 is 1.83 bits per heavy atom. The molecule has 3 rings (SSSR count). The molecule has 2 aliphatic carbocycles. The Morgan fingerprint density at radius 3 is 2.50 bits per heavy atom. The first-order valence-electron chi connectivity index (χ1n) is 8.82. The zero-order chi connectivity index (χ0) is 16.2. The highest BCUT2D eigenvalue weighted by Gasteiger charge is 2.31. The van der Waals surface area contributed by atoms with Crippen LogP contribution in [0.15, 0.2) is 18.2 Å². The predicted octanol–water partition coefficient (Wildman–Crippen LogP) is 2.80. The van der Waals surface area contributed by atoms with E-state index in [-0.39, 0.29) is 43.0 Å². The standard InChI is InChI=1S/C19H26N2O2.ClH/c20-12-17(14-6-7-14)21-19(23)10-9-18(22)16-8-5-13-3-1-2-4-15(13)11-16;/h5,8,11,14,17H,1-4,6-7,9-10,12,20H2,(H,21,23);1H. The summed E-state index contributed by atoms with van der Waals surface area (Å²) in [6.07, 6.45) is 7.45. The van der Waals surface area contributed by atoms with Crippen LogP contribution >= 0.6 is 12.4 Å². The van der Waals surface area contributed by atoms with Gasteiger partial charge in [0.25, 0.3) is 0 Å². The van der Waals surface area contributed by atoms with Gasteiger partial charge in [-0.25, -0.2) is 0 Å². The van der Waals surface area contributed by atoms with Crippen LogP contribution in [0, 0.1) is 5.92 Å². The first kappa shape index (κ1) is 18.9. The lowest BCUT2D eigenvalue weighted by Gasteiger charge is -2.17. The molecule has 0 aromatic heterocycles. The summed E-state index contributed by atoms with van der Waals surface area (Å²) in [5, 5.41) is 2.97. The Hall–Kier alpha value is -1.39. The molecule has 0 aliphatic heterocycles. The number of benzene rings is 1. The van der Waals surface area contributed by atoms with E-state index < -0.39 is 0 Å². The molecule has 1 atom stereocenters. The Bertz CT molecular complexity index is 599. The van der Waals surface area contributed by atoms with Crippen molar-refractivity contribution in [2.45, 2.75) is 57.4 Å². The number of carbonyl (C=O) groups is 2. The van der Waals surface area contributed by atoms with Crippen LogP contribution in [0.2, 0.25) is 0 Å². The summed E-state index contributed by atoms with van der Waals surface area (Å²) in [5.41, 5.74) is 9.12. The third-order valence-corrected chi connectivity index (χ3v) is 5.04. The van der Waals surface area contributed by atoms with Gasteiger partial charge in [-0.3, -0.25) is 9.59 Å². The number of Topliss-reactive ketones (excluding diaryl/α,β-unsaturated/α-hetero) is 1. The van der Waals surface area contributed by atoms with Gasteiger partial charge in [0, 0.05) is 31.0 Å². The molecule has 1 aromatic rings. The van der Waals surface area contributed by atoms with Crippen molar-refractivity contribution in [3.8, 4) is 0 Å². The molecule has 1 unspecified atom stereocenters. The fraction of sp³-hybridized carbons (Fsp3) is 0.579. The predicted molar refractivity (Wildman–Crippen MR) is 97.6 cm³/mol. The lowest BCUT2D eigenvalue weighted by atomic mass is 9.89. The highest BCUT2D eigenvalue weighted by molar-refractivity contribution is 5.98. The molecule has 0 saturated heterocycles. The van der Waals surface area contributed by atoms with Gasteiger partial charge < -0.3 is 11.1 Å². The van der Waals surface area contributed by atoms with Crippen LogP contribution in [0.1, 0.15) is 60.0 Å². The second-order valence-corrected chi connectivity index (χ2v) is 6.86. The minimum Gasteiger partial charge on any atom is -0.352 e. The molecule has 5 heteroatoms. The van der Waals surface area contributed by atoms with E-state index in [9.17, 15) is 9.59 Å². The SMILES string of the molecule is Cl.NCC(NC(=O)CCC(=O)c1ccc2c(c1)CCCC2)C1CC1. The van der Waals surface area contributed by atoms with E-state index >= 15 is 0 Å². The van der Waals surface area contributed by atoms with Crippen LogP contribution in [0.4, 0.5) is 0 Å². The highest BCUT2D eigenvalue weighted by Crippen LogP contribution is 2.32. The van der Waals surface area contributed by atoms with E-state index in [4.69, 9.17) is 5.73 Å². The number of amides is 1. The monoisotopic (exact) mass is 350 g/mol. The average Bonchev–Trinajstić information content (AvgIpc) is 3.42. The lowest BCUT2D eigenvalue weighted by Crippen LogP contribution is -2.41. The van der Waals surface area contributed by atoms with Crippen molar-refractivity contribution < 1.29 is 9.59 Å². The molecule has 1 saturated carbocycles. The molecule has 0 radical (unpaired) electrons. The second kappa shape index (κ2) is 8.63. The van der Waals surface area contributed by atoms with Crippen LogP contribution in [0.25, 0.3) is 0 Å². The van der Waals surface area contributed by atoms with E-state index in [0.717, 1.165) is 31.2 Å². The fourth-order valence-electron chi connectivity index (χ4n) is 3.43. The summed E-state index contributed by atoms with van der Waals surface area (Å²) in [6.45, 7) is 0.481. The molecule has 1 fully saturated rings. The number of ketones is 1. The van der Waals surface area contributed by atoms with Crippen molar-refractivity contribution in [3.63, 3.8) is 0 Å². The van der Waals surface area contributed by atoms with E-state index in [1.165, 1.54) is 24.0 Å². The van der Waals surface area contributed by atoms with Crippen molar-refractivity contribution in [2.75, 3.05) is 6.54 Å². The van der Waals surface area contributed by atoms with Crippen LogP contribution in [-0.2, 0) is 17.6 Å². The van der Waals surface area contributed by atoms with Crippen LogP contribution in [0.5, 0.6) is 0 Å². The van der Waals surface area contributed by atoms with Gasteiger partial charge in [-0.1, -0.05) is 12.1 Å². The van der Waals surface area contributed by atoms with Gasteiger partial charge in [0.15, 0.2) is 5.78 Å². The van der Waals surface area contributed by atoms with Gasteiger partial charge in [-0.15, -0.1) is 12.4 Å². The summed E-state index contributed by atoms with van der Waals surface area (Å²) in [4.78, 5) is 24.3. The highest BCUT2D eigenvalue weighted by atomic mass is 35.5. The number of aryl methyl sites for hydroxylation is 2. The van der Waals surface area contributed by atoms with Crippen LogP contribution in [-0.4, -0.2) is 24.3 Å². The number of hydrogen-bond donors (Lipinski definition) is 2. The number of fused-ring (bicyclic) bond motifs is 1. The van der Waals surface area contributed by atoms with E-state index in [2.05, 4.69) is 11.4 Å². The maximum absolute atomic E-state index is 12.3. The molecule has 1 amide bonds. The number of hydrogen-bond acceptors (Lipinski definition) is 3. The Labute approximate surface area is 150 Å². The summed E-state index contributed by atoms with van der Waals surface area (Å²) < 4.78 is 0. The van der Waals surface area contributed by atoms with Gasteiger partial charge in [0.05, 0.1) is 0 Å². The van der Waals surface area contributed by atoms with E-state index in [1.54, 1.807) is 0 Å². The maximum Gasteiger partial charge on any atom is 0.220 e. The number of halogens is 1. The summed E-state index contributed by atoms with van der Waals surface area (Å²) in [7, 11) is 0. The summed E-state index contributed by atoms with van der Waals surface area (Å²) in [5.74, 6) is 0.545. The number of rotatable bonds is 7. The zero-order valence-electron chi connectivity index (χ0n) is 14.1. The molecule has 3 N–H and O–H groups in total. The largest absolute Gasteiger partial charge is 0.352 e. The average molecular weight is 351 g/mol. The third-order valence-electron chi connectivity index (χ3n) is 5.04. The van der Waals surface area contributed by atoms with Crippen molar-refractivity contribution in [3.05, 3.63) is 34.9 Å². The maximum atomic E-state index is 12.3. The zero-order valence-corrected chi connectivity index (χ0v) is 14.9. The third kappa shape index (κ3) is 4.81. The first-order chi connectivity index (χ1) is 11.2. The summed E-state index contributed by atoms with van der Waals surface area (Å²) in [6, 6.07) is 6.11. The summed E-state index contributed by atoms with van der Waals surface area (Å²) >= 11 is 0. The van der Waals surface area contributed by atoms with Crippen molar-refractivity contribution in [1.29, 1.82) is 0 Å². The van der Waals surface area contributed by atoms with Crippen LogP contribution in [0.3, 0.4) is 0 Å². The molecule has 132 valence electrons. The first-order valence-corrected chi connectivity index (χ1v) is 8.82. The Balaban J connectivity index is 0.00000208. The molecule has 24 heavy (non-hydrogen) atoms. The molecule has 0 bridgehead atoms. The molecular formula is C19H27ClN2O2. The quantitative estimate of drug-likeness (QED) is 0.743. The molecule has 0 heterocycles. The Morgan fingerprint density at radius 1 is 1.12 bits per heavy atom. The molecule has 0 spiro atoms. The van der Waals surface area contributed by atoms with Gasteiger partial charge in [0.2, 0.25) is 5.91 Å². The lowest BCUT2D eigenvalue weighted by molar-refractivity contribution is -0.121. The fourth-order valence-corrected chi connectivity index (χ4v) is 3.43. The number of carbonyl (C=O) groups excluding carboxylic acids is 2. The van der Waals surface area contributed by atoms with E-state index in [0.29, 0.717) is 12.5 Å². The number of nitrogens with one attached hydrogen (secondary N) is 1. The topological polar surface area (TPSA) is 72.2 Å². The van der Waals surface area contributed by atoms with Crippen LogP contribution < -0.4 is 11.1 Å². The molecular weight excluding hydrogens is 324 g/mol. The van der Waals surface area contributed by atoms with Crippen molar-refractivity contribution in [1.82, 2.24) is 5.32 Å². The molecule has 2 aliphatic rings. The molecule has 4 nitrogen and oxygen atoms in total. The minimum atomic E-state index is -0.0568.